The van der Waals surface area contributed by atoms with Crippen molar-refractivity contribution in [3.63, 3.8) is 0 Å². The topological polar surface area (TPSA) is 165 Å². The third-order valence-electron chi connectivity index (χ3n) is 6.39. The lowest BCUT2D eigenvalue weighted by Crippen LogP contribution is -2.54. The van der Waals surface area contributed by atoms with E-state index >= 15 is 0 Å². The van der Waals surface area contributed by atoms with Gasteiger partial charge in [-0.15, -0.1) is 0 Å². The Hall–Kier alpha value is -4.51. The molecule has 10 nitrogen and oxygen atoms in total. The van der Waals surface area contributed by atoms with Crippen molar-refractivity contribution in [2.75, 3.05) is 0 Å². The fourth-order valence-corrected chi connectivity index (χ4v) is 5.77. The predicted molar refractivity (Wildman–Crippen MR) is 144 cm³/mol. The molecule has 0 aromatic heterocycles. The van der Waals surface area contributed by atoms with Crippen LogP contribution in [-0.2, 0) is 37.2 Å². The number of carbonyl (C=O) groups is 4. The van der Waals surface area contributed by atoms with Gasteiger partial charge >= 0.3 is 0 Å². The molecule has 1 heterocycles. The molecule has 3 aromatic rings. The molecule has 0 aliphatic carbocycles. The molecule has 4 rings (SSSR count). The van der Waals surface area contributed by atoms with Gasteiger partial charge in [-0.1, -0.05) is 72.8 Å². The van der Waals surface area contributed by atoms with Gasteiger partial charge in [0.05, 0.1) is 6.42 Å². The van der Waals surface area contributed by atoms with E-state index in [-0.39, 0.29) is 19.3 Å². The predicted octanol–water partition coefficient (Wildman–Crippen LogP) is 1.13. The molecular weight excluding hydrogens is 520 g/mol. The average molecular weight is 549 g/mol. The third kappa shape index (κ3) is 7.08. The summed E-state index contributed by atoms with van der Waals surface area (Å²) >= 11 is 0. The lowest BCUT2D eigenvalue weighted by Gasteiger charge is -2.22. The Morgan fingerprint density at radius 3 is 1.95 bits per heavy atom. The second-order valence-corrected chi connectivity index (χ2v) is 11.1. The maximum absolute atomic E-state index is 13.3. The second-order valence-electron chi connectivity index (χ2n) is 9.25. The number of nitrogens with two attached hydrogens (primary N) is 1. The van der Waals surface area contributed by atoms with E-state index in [0.29, 0.717) is 16.7 Å². The molecule has 4 amide bonds. The molecule has 0 spiro atoms. The maximum atomic E-state index is 13.3. The van der Waals surface area contributed by atoms with Gasteiger partial charge in [-0.25, -0.2) is 8.42 Å². The summed E-state index contributed by atoms with van der Waals surface area (Å²) < 4.78 is 26.2. The van der Waals surface area contributed by atoms with Crippen LogP contribution in [0.3, 0.4) is 0 Å². The second kappa shape index (κ2) is 11.9. The van der Waals surface area contributed by atoms with Gasteiger partial charge in [-0.3, -0.25) is 23.9 Å². The van der Waals surface area contributed by atoms with E-state index in [1.165, 1.54) is 0 Å². The monoisotopic (exact) mass is 548 g/mol. The van der Waals surface area contributed by atoms with Crippen LogP contribution in [0.15, 0.2) is 84.9 Å². The first-order chi connectivity index (χ1) is 18.6. The van der Waals surface area contributed by atoms with Crippen LogP contribution in [0.1, 0.15) is 38.7 Å². The van der Waals surface area contributed by atoms with Gasteiger partial charge in [0.15, 0.2) is 0 Å². The van der Waals surface area contributed by atoms with Crippen molar-refractivity contribution < 1.29 is 27.6 Å². The van der Waals surface area contributed by atoms with Crippen LogP contribution in [0.5, 0.6) is 0 Å². The molecule has 1 saturated heterocycles. The minimum absolute atomic E-state index is 0.0423. The van der Waals surface area contributed by atoms with E-state index in [1.807, 2.05) is 35.1 Å². The highest BCUT2D eigenvalue weighted by Gasteiger charge is 2.37. The van der Waals surface area contributed by atoms with E-state index in [9.17, 15) is 27.6 Å². The Morgan fingerprint density at radius 2 is 1.38 bits per heavy atom. The van der Waals surface area contributed by atoms with Crippen molar-refractivity contribution in [1.29, 1.82) is 0 Å². The summed E-state index contributed by atoms with van der Waals surface area (Å²) in [5.74, 6) is -2.35. The van der Waals surface area contributed by atoms with E-state index in [4.69, 9.17) is 5.73 Å². The molecule has 202 valence electrons. The minimum Gasteiger partial charge on any atom is -0.368 e. The zero-order valence-corrected chi connectivity index (χ0v) is 21.7. The highest BCUT2D eigenvalue weighted by Crippen LogP contribution is 2.30. The van der Waals surface area contributed by atoms with Crippen molar-refractivity contribution >= 4 is 33.7 Å². The number of benzene rings is 3. The molecule has 3 atom stereocenters. The van der Waals surface area contributed by atoms with Gasteiger partial charge in [0.25, 0.3) is 5.91 Å². The first-order valence-corrected chi connectivity index (χ1v) is 13.8. The van der Waals surface area contributed by atoms with Crippen molar-refractivity contribution in [3.05, 3.63) is 107 Å². The summed E-state index contributed by atoms with van der Waals surface area (Å²) in [5.41, 5.74) is 7.84. The molecular formula is C28H28N4O6S. The van der Waals surface area contributed by atoms with Gasteiger partial charge in [0.2, 0.25) is 27.7 Å². The molecule has 1 aliphatic rings. The normalized spacial score (nSPS) is 17.4. The molecule has 0 bridgehead atoms. The lowest BCUT2D eigenvalue weighted by molar-refractivity contribution is -0.128. The summed E-state index contributed by atoms with van der Waals surface area (Å²) in [6.45, 7) is 0. The van der Waals surface area contributed by atoms with Crippen molar-refractivity contribution in [3.8, 4) is 0 Å². The fourth-order valence-electron chi connectivity index (χ4n) is 4.34. The smallest absolute Gasteiger partial charge is 0.251 e. The summed E-state index contributed by atoms with van der Waals surface area (Å²) in [4.78, 5) is 49.9. The van der Waals surface area contributed by atoms with E-state index < -0.39 is 51.0 Å². The lowest BCUT2D eigenvalue weighted by atomic mass is 10.0. The van der Waals surface area contributed by atoms with Gasteiger partial charge in [-0.05, 0) is 28.8 Å². The third-order valence-corrected chi connectivity index (χ3v) is 8.09. The molecule has 3 aromatic carbocycles. The van der Waals surface area contributed by atoms with Gasteiger partial charge < -0.3 is 16.4 Å². The highest BCUT2D eigenvalue weighted by molar-refractivity contribution is 7.90. The molecule has 0 radical (unpaired) electrons. The Labute approximate surface area is 226 Å². The quantitative estimate of drug-likeness (QED) is 0.297. The fraction of sp³-hybridized carbons (Fsp3) is 0.214. The van der Waals surface area contributed by atoms with Crippen molar-refractivity contribution in [2.45, 2.75) is 36.6 Å². The van der Waals surface area contributed by atoms with Crippen LogP contribution in [0.4, 0.5) is 0 Å². The summed E-state index contributed by atoms with van der Waals surface area (Å²) in [6, 6.07) is 21.9. The van der Waals surface area contributed by atoms with Crippen LogP contribution in [0, 0.1) is 0 Å². The average Bonchev–Trinajstić information content (AvgIpc) is 3.20. The van der Waals surface area contributed by atoms with Crippen LogP contribution in [0.2, 0.25) is 0 Å². The number of hydrogen-bond donors (Lipinski definition) is 4. The Bertz CT molecular complexity index is 1460. The number of amides is 4. The van der Waals surface area contributed by atoms with Gasteiger partial charge in [-0.2, -0.15) is 0 Å². The first kappa shape index (κ1) is 27.5. The first-order valence-electron chi connectivity index (χ1n) is 12.2. The van der Waals surface area contributed by atoms with Crippen LogP contribution < -0.4 is 21.1 Å². The largest absolute Gasteiger partial charge is 0.368 e. The SMILES string of the molecule is NC(=O)C(Cc1ccc(C2CC(=O)NS2(=O)=O)cc1)NC(=O)[C@H](Cc1ccccc1)NC(=O)c1ccccc1. The summed E-state index contributed by atoms with van der Waals surface area (Å²) in [5, 5.41) is 4.41. The molecule has 0 saturated carbocycles. The number of primary amides is 1. The van der Waals surface area contributed by atoms with Crippen LogP contribution >= 0.6 is 0 Å². The van der Waals surface area contributed by atoms with E-state index in [1.54, 1.807) is 54.6 Å². The molecule has 1 fully saturated rings. The van der Waals surface area contributed by atoms with Crippen molar-refractivity contribution in [1.82, 2.24) is 15.4 Å². The highest BCUT2D eigenvalue weighted by atomic mass is 32.2. The molecule has 39 heavy (non-hydrogen) atoms. The van der Waals surface area contributed by atoms with Crippen molar-refractivity contribution in [2.24, 2.45) is 5.73 Å². The zero-order valence-electron chi connectivity index (χ0n) is 20.9. The standard InChI is InChI=1S/C28H28N4O6S/c29-26(34)22(15-19-11-13-20(14-12-19)24-17-25(33)32-39(24,37)38)30-28(36)23(16-18-7-3-1-4-8-18)31-27(35)21-9-5-2-6-10-21/h1-14,22-24H,15-17H2,(H2,29,34)(H,30,36)(H,31,35)(H,32,33)/t22?,23-,24?/m0/s1. The number of sulfonamides is 1. The Balaban J connectivity index is 1.48. The minimum atomic E-state index is -3.79. The zero-order chi connectivity index (χ0) is 28.0. The number of nitrogens with one attached hydrogen (secondary N) is 3. The molecule has 1 aliphatic heterocycles. The molecule has 2 unspecified atom stereocenters. The van der Waals surface area contributed by atoms with E-state index in [0.717, 1.165) is 5.56 Å². The van der Waals surface area contributed by atoms with Crippen LogP contribution in [0.25, 0.3) is 0 Å². The maximum Gasteiger partial charge on any atom is 0.251 e. The molecule has 11 heteroatoms. The van der Waals surface area contributed by atoms with Crippen LogP contribution in [-0.4, -0.2) is 44.1 Å². The Kier molecular flexibility index (Phi) is 8.40. The summed E-state index contributed by atoms with van der Waals surface area (Å²) in [7, 11) is -3.79. The van der Waals surface area contributed by atoms with Gasteiger partial charge in [0, 0.05) is 18.4 Å². The Morgan fingerprint density at radius 1 is 0.821 bits per heavy atom. The molecule has 5 N–H and O–H groups in total. The number of rotatable bonds is 10. The summed E-state index contributed by atoms with van der Waals surface area (Å²) in [6.07, 6.45) is 0.0633. The van der Waals surface area contributed by atoms with Gasteiger partial charge in [0.1, 0.15) is 17.3 Å². The number of carbonyl (C=O) groups excluding carboxylic acids is 4. The van der Waals surface area contributed by atoms with E-state index in [2.05, 4.69) is 10.6 Å². The number of hydrogen-bond acceptors (Lipinski definition) is 6.